The molecule has 2 amide bonds. The average molecular weight is 542 g/mol. The summed E-state index contributed by atoms with van der Waals surface area (Å²) in [6.45, 7) is 12.3. The number of rotatable bonds is 6. The molecule has 0 aromatic carbocycles. The standard InChI is InChI=1S/C25H34F3N5O3S/c1-13-9-8-10-33(13)22(35)18-19(37-21(31-18)20(34)30-14(2)24(6,7)36)15-12-29-17(32-23(3,4)5)11-16(15)25(26,27)28/h11-14,36H,8-10H2,1-7H3,(H,29,32)(H,30,34)/t13-,14-/m0/s1. The zero-order chi connectivity index (χ0) is 27.9. The van der Waals surface area contributed by atoms with E-state index in [4.69, 9.17) is 0 Å². The van der Waals surface area contributed by atoms with Crippen LogP contribution in [-0.4, -0.2) is 61.6 Å². The summed E-state index contributed by atoms with van der Waals surface area (Å²) in [4.78, 5) is 36.3. The third kappa shape index (κ3) is 6.78. The quantitative estimate of drug-likeness (QED) is 0.478. The van der Waals surface area contributed by atoms with Crippen LogP contribution in [-0.2, 0) is 6.18 Å². The van der Waals surface area contributed by atoms with Gasteiger partial charge in [-0.15, -0.1) is 11.3 Å². The van der Waals surface area contributed by atoms with Crippen molar-refractivity contribution in [2.45, 2.75) is 90.7 Å². The van der Waals surface area contributed by atoms with Gasteiger partial charge in [0.1, 0.15) is 11.5 Å². The van der Waals surface area contributed by atoms with Crippen molar-refractivity contribution in [3.8, 4) is 10.4 Å². The minimum Gasteiger partial charge on any atom is -0.388 e. The lowest BCUT2D eigenvalue weighted by Crippen LogP contribution is -2.47. The van der Waals surface area contributed by atoms with E-state index in [1.165, 1.54) is 13.8 Å². The molecule has 3 N–H and O–H groups in total. The maximum atomic E-state index is 14.2. The minimum atomic E-state index is -4.75. The molecule has 12 heteroatoms. The van der Waals surface area contributed by atoms with Gasteiger partial charge in [-0.25, -0.2) is 9.97 Å². The van der Waals surface area contributed by atoms with Gasteiger partial charge in [-0.1, -0.05) is 0 Å². The number of aliphatic hydroxyl groups is 1. The van der Waals surface area contributed by atoms with E-state index in [1.54, 1.807) is 32.6 Å². The molecular weight excluding hydrogens is 507 g/mol. The zero-order valence-electron chi connectivity index (χ0n) is 22.1. The fraction of sp³-hybridized carbons (Fsp3) is 0.600. The van der Waals surface area contributed by atoms with Gasteiger partial charge in [0, 0.05) is 29.9 Å². The van der Waals surface area contributed by atoms with Crippen LogP contribution in [0.5, 0.6) is 0 Å². The second-order valence-electron chi connectivity index (χ2n) is 11.0. The van der Waals surface area contributed by atoms with Crippen LogP contribution in [0.15, 0.2) is 12.3 Å². The normalized spacial score (nSPS) is 17.6. The number of amides is 2. The number of nitrogens with zero attached hydrogens (tertiary/aromatic N) is 3. The third-order valence-corrected chi connectivity index (χ3v) is 7.29. The Morgan fingerprint density at radius 3 is 2.38 bits per heavy atom. The second-order valence-corrected chi connectivity index (χ2v) is 12.0. The van der Waals surface area contributed by atoms with E-state index in [-0.39, 0.29) is 33.0 Å². The Morgan fingerprint density at radius 1 is 1.22 bits per heavy atom. The summed E-state index contributed by atoms with van der Waals surface area (Å²) in [5.74, 6) is -1.19. The fourth-order valence-electron chi connectivity index (χ4n) is 3.87. The number of anilines is 1. The Bertz CT molecular complexity index is 1170. The van der Waals surface area contributed by atoms with Crippen molar-refractivity contribution < 1.29 is 27.9 Å². The summed E-state index contributed by atoms with van der Waals surface area (Å²) in [5, 5.41) is 15.6. The molecule has 2 aromatic heterocycles. The molecule has 8 nitrogen and oxygen atoms in total. The Balaban J connectivity index is 2.15. The summed E-state index contributed by atoms with van der Waals surface area (Å²) in [6.07, 6.45) is -2.15. The molecule has 0 radical (unpaired) electrons. The van der Waals surface area contributed by atoms with Gasteiger partial charge in [-0.05, 0) is 67.4 Å². The molecule has 3 rings (SSSR count). The number of nitrogens with one attached hydrogen (secondary N) is 2. The van der Waals surface area contributed by atoms with Crippen molar-refractivity contribution >= 4 is 29.0 Å². The molecule has 204 valence electrons. The highest BCUT2D eigenvalue weighted by molar-refractivity contribution is 7.17. The lowest BCUT2D eigenvalue weighted by Gasteiger charge is -2.26. The highest BCUT2D eigenvalue weighted by Gasteiger charge is 2.38. The molecule has 1 fully saturated rings. The highest BCUT2D eigenvalue weighted by Crippen LogP contribution is 2.42. The van der Waals surface area contributed by atoms with E-state index in [1.807, 2.05) is 6.92 Å². The van der Waals surface area contributed by atoms with Gasteiger partial charge in [0.25, 0.3) is 11.8 Å². The summed E-state index contributed by atoms with van der Waals surface area (Å²) in [7, 11) is 0. The first kappa shape index (κ1) is 28.8. The van der Waals surface area contributed by atoms with Crippen LogP contribution in [0.25, 0.3) is 10.4 Å². The van der Waals surface area contributed by atoms with Gasteiger partial charge >= 0.3 is 6.18 Å². The molecule has 37 heavy (non-hydrogen) atoms. The topological polar surface area (TPSA) is 107 Å². The van der Waals surface area contributed by atoms with Crippen LogP contribution in [0.1, 0.15) is 87.2 Å². The van der Waals surface area contributed by atoms with Crippen molar-refractivity contribution in [2.24, 2.45) is 0 Å². The summed E-state index contributed by atoms with van der Waals surface area (Å²) in [6, 6.07) is 0.122. The van der Waals surface area contributed by atoms with Gasteiger partial charge in [0.05, 0.1) is 22.1 Å². The molecule has 1 aliphatic rings. The first-order valence-corrected chi connectivity index (χ1v) is 12.9. The van der Waals surface area contributed by atoms with Gasteiger partial charge < -0.3 is 20.6 Å². The molecule has 0 aliphatic carbocycles. The number of hydrogen-bond donors (Lipinski definition) is 3. The largest absolute Gasteiger partial charge is 0.417 e. The lowest BCUT2D eigenvalue weighted by molar-refractivity contribution is -0.137. The highest BCUT2D eigenvalue weighted by atomic mass is 32.1. The first-order chi connectivity index (χ1) is 16.9. The maximum Gasteiger partial charge on any atom is 0.417 e. The van der Waals surface area contributed by atoms with E-state index in [0.717, 1.165) is 25.1 Å². The molecule has 2 atom stereocenters. The number of carbonyl (C=O) groups is 2. The zero-order valence-corrected chi connectivity index (χ0v) is 22.9. The molecule has 0 saturated carbocycles. The number of alkyl halides is 3. The van der Waals surface area contributed by atoms with Crippen molar-refractivity contribution in [2.75, 3.05) is 11.9 Å². The number of carbonyl (C=O) groups excluding carboxylic acids is 2. The molecule has 3 heterocycles. The first-order valence-electron chi connectivity index (χ1n) is 12.1. The Kier molecular flexibility index (Phi) is 7.95. The summed E-state index contributed by atoms with van der Waals surface area (Å²) in [5.41, 5.74) is -3.31. The summed E-state index contributed by atoms with van der Waals surface area (Å²) < 4.78 is 42.7. The predicted octanol–water partition coefficient (Wildman–Crippen LogP) is 4.95. The van der Waals surface area contributed by atoms with E-state index in [2.05, 4.69) is 20.6 Å². The summed E-state index contributed by atoms with van der Waals surface area (Å²) >= 11 is 0.698. The minimum absolute atomic E-state index is 0.0334. The van der Waals surface area contributed by atoms with E-state index < -0.39 is 40.7 Å². The van der Waals surface area contributed by atoms with Crippen LogP contribution in [0.2, 0.25) is 0 Å². The number of likely N-dealkylation sites (tertiary alicyclic amines) is 1. The van der Waals surface area contributed by atoms with Gasteiger partial charge in [0.15, 0.2) is 5.01 Å². The number of thiazole rings is 1. The third-order valence-electron chi connectivity index (χ3n) is 6.20. The Hall–Kier alpha value is -2.73. The Morgan fingerprint density at radius 2 is 1.86 bits per heavy atom. The number of halogens is 3. The molecule has 1 aliphatic heterocycles. The molecule has 1 saturated heterocycles. The predicted molar refractivity (Wildman–Crippen MR) is 137 cm³/mol. The van der Waals surface area contributed by atoms with Crippen LogP contribution < -0.4 is 10.6 Å². The number of hydrogen-bond acceptors (Lipinski definition) is 7. The van der Waals surface area contributed by atoms with Crippen LogP contribution in [0.3, 0.4) is 0 Å². The molecule has 2 aromatic rings. The monoisotopic (exact) mass is 541 g/mol. The van der Waals surface area contributed by atoms with Crippen molar-refractivity contribution in [1.82, 2.24) is 20.2 Å². The molecular formula is C25H34F3N5O3S. The van der Waals surface area contributed by atoms with Crippen molar-refractivity contribution in [3.63, 3.8) is 0 Å². The van der Waals surface area contributed by atoms with Gasteiger partial charge in [-0.2, -0.15) is 13.2 Å². The van der Waals surface area contributed by atoms with Crippen LogP contribution >= 0.6 is 11.3 Å². The van der Waals surface area contributed by atoms with Crippen molar-refractivity contribution in [3.05, 3.63) is 28.5 Å². The fourth-order valence-corrected chi connectivity index (χ4v) is 4.86. The molecule has 0 unspecified atom stereocenters. The van der Waals surface area contributed by atoms with E-state index >= 15 is 0 Å². The average Bonchev–Trinajstić information content (AvgIpc) is 3.37. The smallest absolute Gasteiger partial charge is 0.388 e. The van der Waals surface area contributed by atoms with E-state index in [0.29, 0.717) is 17.9 Å². The van der Waals surface area contributed by atoms with Crippen LogP contribution in [0.4, 0.5) is 19.0 Å². The number of aromatic nitrogens is 2. The van der Waals surface area contributed by atoms with Crippen LogP contribution in [0, 0.1) is 0 Å². The second kappa shape index (κ2) is 10.2. The Labute approximate surface area is 218 Å². The number of pyridine rings is 1. The molecule has 0 spiro atoms. The SMILES string of the molecule is C[C@H](NC(=O)c1nc(C(=O)N2CCC[C@@H]2C)c(-c2cnc(NC(C)(C)C)cc2C(F)(F)F)s1)C(C)(C)O. The van der Waals surface area contributed by atoms with Crippen molar-refractivity contribution in [1.29, 1.82) is 0 Å². The maximum absolute atomic E-state index is 14.2. The lowest BCUT2D eigenvalue weighted by atomic mass is 10.0. The molecule has 0 bridgehead atoms. The van der Waals surface area contributed by atoms with Gasteiger partial charge in [0.2, 0.25) is 0 Å². The van der Waals surface area contributed by atoms with Gasteiger partial charge in [-0.3, -0.25) is 9.59 Å². The van der Waals surface area contributed by atoms with E-state index in [9.17, 15) is 27.9 Å².